The molecular formula is C16H9ClF3NOS. The van der Waals surface area contributed by atoms with Gasteiger partial charge in [-0.25, -0.2) is 3.96 Å². The Balaban J connectivity index is 2.02. The summed E-state index contributed by atoms with van der Waals surface area (Å²) < 4.78 is 39.1. The van der Waals surface area contributed by atoms with Crippen LogP contribution in [0, 0.1) is 0 Å². The average molecular weight is 356 g/mol. The number of aromatic nitrogens is 1. The molecule has 0 N–H and O–H groups in total. The second-order valence-corrected chi connectivity index (χ2v) is 6.15. The van der Waals surface area contributed by atoms with E-state index in [0.717, 1.165) is 23.7 Å². The van der Waals surface area contributed by atoms with Crippen molar-refractivity contribution in [2.24, 2.45) is 0 Å². The molecule has 0 aliphatic carbocycles. The summed E-state index contributed by atoms with van der Waals surface area (Å²) in [5.41, 5.74) is 0.0232. The van der Waals surface area contributed by atoms with Gasteiger partial charge in [-0.2, -0.15) is 13.2 Å². The Morgan fingerprint density at radius 2 is 1.65 bits per heavy atom. The Hall–Kier alpha value is -2.05. The van der Waals surface area contributed by atoms with Crippen LogP contribution in [-0.4, -0.2) is 3.96 Å². The molecular weight excluding hydrogens is 347 g/mol. The van der Waals surface area contributed by atoms with Gasteiger partial charge in [0.25, 0.3) is 5.56 Å². The van der Waals surface area contributed by atoms with Crippen LogP contribution in [0.25, 0.3) is 16.1 Å². The summed E-state index contributed by atoms with van der Waals surface area (Å²) in [5.74, 6) is 0. The molecule has 3 rings (SSSR count). The van der Waals surface area contributed by atoms with E-state index in [2.05, 4.69) is 0 Å². The molecule has 3 aromatic rings. The lowest BCUT2D eigenvalue weighted by Crippen LogP contribution is -2.10. The zero-order chi connectivity index (χ0) is 16.6. The quantitative estimate of drug-likeness (QED) is 0.616. The van der Waals surface area contributed by atoms with Gasteiger partial charge in [-0.05, 0) is 30.3 Å². The smallest absolute Gasteiger partial charge is 0.268 e. The van der Waals surface area contributed by atoms with Crippen molar-refractivity contribution in [1.29, 1.82) is 0 Å². The lowest BCUT2D eigenvalue weighted by atomic mass is 10.2. The van der Waals surface area contributed by atoms with Gasteiger partial charge in [0.05, 0.1) is 16.1 Å². The number of rotatable bonds is 2. The Labute approximate surface area is 138 Å². The fraction of sp³-hybridized carbons (Fsp3) is 0.0625. The summed E-state index contributed by atoms with van der Waals surface area (Å²) in [6, 6.07) is 13.0. The summed E-state index contributed by atoms with van der Waals surface area (Å²) >= 11 is 7.24. The van der Waals surface area contributed by atoms with E-state index >= 15 is 0 Å². The standard InChI is InChI=1S/C16H9ClF3NOS/c17-13-4-2-1-3-12(13)14-9-15(22)21(23-14)11-7-5-10(6-8-11)16(18,19)20/h1-9H. The van der Waals surface area contributed by atoms with Gasteiger partial charge >= 0.3 is 6.18 Å². The second-order valence-electron chi connectivity index (χ2n) is 4.76. The SMILES string of the molecule is O=c1cc(-c2ccccc2Cl)sn1-c1ccc(C(F)(F)F)cc1. The molecule has 0 radical (unpaired) electrons. The first-order chi connectivity index (χ1) is 10.9. The number of hydrogen-bond donors (Lipinski definition) is 0. The fourth-order valence-corrected chi connectivity index (χ4v) is 3.38. The summed E-state index contributed by atoms with van der Waals surface area (Å²) in [6.45, 7) is 0. The van der Waals surface area contributed by atoms with E-state index < -0.39 is 11.7 Å². The first-order valence-corrected chi connectivity index (χ1v) is 7.67. The molecule has 0 aliphatic rings. The Morgan fingerprint density at radius 3 is 2.26 bits per heavy atom. The highest BCUT2D eigenvalue weighted by molar-refractivity contribution is 7.10. The number of benzene rings is 2. The van der Waals surface area contributed by atoms with Gasteiger partial charge in [-0.15, -0.1) is 0 Å². The molecule has 0 saturated carbocycles. The van der Waals surface area contributed by atoms with Crippen molar-refractivity contribution in [2.45, 2.75) is 6.18 Å². The molecule has 0 saturated heterocycles. The van der Waals surface area contributed by atoms with E-state index in [4.69, 9.17) is 11.6 Å². The predicted molar refractivity (Wildman–Crippen MR) is 85.4 cm³/mol. The zero-order valence-corrected chi connectivity index (χ0v) is 13.0. The summed E-state index contributed by atoms with van der Waals surface area (Å²) in [6.07, 6.45) is -4.40. The second kappa shape index (κ2) is 5.86. The Morgan fingerprint density at radius 1 is 1.00 bits per heavy atom. The Bertz CT molecular complexity index is 897. The van der Waals surface area contributed by atoms with Crippen molar-refractivity contribution >= 4 is 23.1 Å². The minimum Gasteiger partial charge on any atom is -0.268 e. The maximum absolute atomic E-state index is 12.6. The van der Waals surface area contributed by atoms with Gasteiger partial charge in [0.2, 0.25) is 0 Å². The third-order valence-corrected chi connectivity index (χ3v) is 4.65. The van der Waals surface area contributed by atoms with E-state index in [9.17, 15) is 18.0 Å². The molecule has 0 amide bonds. The molecule has 7 heteroatoms. The normalized spacial score (nSPS) is 11.7. The van der Waals surface area contributed by atoms with Crippen molar-refractivity contribution in [2.75, 3.05) is 0 Å². The molecule has 0 unspecified atom stereocenters. The van der Waals surface area contributed by atoms with Gasteiger partial charge in [0.1, 0.15) is 0 Å². The van der Waals surface area contributed by atoms with Gasteiger partial charge in [-0.3, -0.25) is 4.79 Å². The monoisotopic (exact) mass is 355 g/mol. The van der Waals surface area contributed by atoms with Crippen LogP contribution in [-0.2, 0) is 6.18 Å². The van der Waals surface area contributed by atoms with E-state index in [1.807, 2.05) is 0 Å². The maximum Gasteiger partial charge on any atom is 0.416 e. The summed E-state index contributed by atoms with van der Waals surface area (Å²) in [7, 11) is 0. The molecule has 2 nitrogen and oxygen atoms in total. The fourth-order valence-electron chi connectivity index (χ4n) is 2.09. The molecule has 0 spiro atoms. The van der Waals surface area contributed by atoms with Crippen LogP contribution >= 0.6 is 23.1 Å². The molecule has 0 bridgehead atoms. The predicted octanol–water partition coefficient (Wildman–Crippen LogP) is 5.24. The molecule has 118 valence electrons. The van der Waals surface area contributed by atoms with Crippen LogP contribution in [0.4, 0.5) is 13.2 Å². The minimum absolute atomic E-state index is 0.315. The van der Waals surface area contributed by atoms with Gasteiger partial charge in [0, 0.05) is 16.7 Å². The highest BCUT2D eigenvalue weighted by Crippen LogP contribution is 2.32. The van der Waals surface area contributed by atoms with Crippen molar-refractivity contribution in [3.63, 3.8) is 0 Å². The first-order valence-electron chi connectivity index (χ1n) is 6.52. The number of hydrogen-bond acceptors (Lipinski definition) is 2. The zero-order valence-electron chi connectivity index (χ0n) is 11.5. The van der Waals surface area contributed by atoms with Gasteiger partial charge in [0.15, 0.2) is 0 Å². The maximum atomic E-state index is 12.6. The van der Waals surface area contributed by atoms with E-state index in [0.29, 0.717) is 21.2 Å². The topological polar surface area (TPSA) is 22.0 Å². The van der Waals surface area contributed by atoms with Gasteiger partial charge < -0.3 is 0 Å². The molecule has 23 heavy (non-hydrogen) atoms. The van der Waals surface area contributed by atoms with E-state index in [1.54, 1.807) is 24.3 Å². The van der Waals surface area contributed by atoms with Crippen molar-refractivity contribution in [3.8, 4) is 16.1 Å². The van der Waals surface area contributed by atoms with Crippen molar-refractivity contribution in [3.05, 3.63) is 75.5 Å². The third kappa shape index (κ3) is 3.18. The molecule has 2 aromatic carbocycles. The van der Waals surface area contributed by atoms with Crippen LogP contribution in [0.3, 0.4) is 0 Å². The first kappa shape index (κ1) is 15.8. The van der Waals surface area contributed by atoms with Crippen molar-refractivity contribution in [1.82, 2.24) is 3.96 Å². The number of alkyl halides is 3. The van der Waals surface area contributed by atoms with Crippen LogP contribution in [0.15, 0.2) is 59.4 Å². The Kier molecular flexibility index (Phi) is 4.04. The lowest BCUT2D eigenvalue weighted by Gasteiger charge is -2.07. The summed E-state index contributed by atoms with van der Waals surface area (Å²) in [4.78, 5) is 12.8. The highest BCUT2D eigenvalue weighted by atomic mass is 35.5. The largest absolute Gasteiger partial charge is 0.416 e. The van der Waals surface area contributed by atoms with Crippen molar-refractivity contribution < 1.29 is 13.2 Å². The third-order valence-electron chi connectivity index (χ3n) is 3.21. The summed E-state index contributed by atoms with van der Waals surface area (Å²) in [5, 5.41) is 0.508. The molecule has 0 fully saturated rings. The van der Waals surface area contributed by atoms with Crippen LogP contribution in [0.5, 0.6) is 0 Å². The number of nitrogens with zero attached hydrogens (tertiary/aromatic N) is 1. The molecule has 1 heterocycles. The highest BCUT2D eigenvalue weighted by Gasteiger charge is 2.30. The average Bonchev–Trinajstić information content (AvgIpc) is 2.89. The van der Waals surface area contributed by atoms with Crippen LogP contribution < -0.4 is 5.56 Å². The lowest BCUT2D eigenvalue weighted by molar-refractivity contribution is -0.137. The van der Waals surface area contributed by atoms with Gasteiger partial charge in [-0.1, -0.05) is 41.3 Å². The van der Waals surface area contributed by atoms with E-state index in [1.165, 1.54) is 22.2 Å². The van der Waals surface area contributed by atoms with Crippen LogP contribution in [0.1, 0.15) is 5.56 Å². The number of halogens is 4. The molecule has 1 aromatic heterocycles. The molecule has 0 aliphatic heterocycles. The molecule has 0 atom stereocenters. The minimum atomic E-state index is -4.40. The van der Waals surface area contributed by atoms with Crippen LogP contribution in [0.2, 0.25) is 5.02 Å². The van der Waals surface area contributed by atoms with E-state index in [-0.39, 0.29) is 5.56 Å².